The maximum atomic E-state index is 9.91. The van der Waals surface area contributed by atoms with Crippen molar-refractivity contribution in [2.24, 2.45) is 7.05 Å². The second kappa shape index (κ2) is 35.8. The number of hydrogen-bond acceptors (Lipinski definition) is 17. The van der Waals surface area contributed by atoms with Crippen molar-refractivity contribution in [3.8, 4) is 22.8 Å². The van der Waals surface area contributed by atoms with Crippen LogP contribution in [0.3, 0.4) is 0 Å². The standard InChI is InChI=1S/C16H20N2O2.C14H24N4.C14H20N2.C13H21N3O.2C13H16N2O/c1-10(2)13-9-14(18-17-11(13)3)12-6-7-15(19-4)16(8-12)20-5;1-11(2)13-5-8-15-14(16-13)18-9-6-12(7-10-18)17(3)4;1-9(2)11-6-7-13-12(8-11)14(10(3)4)15-16(13)5;1-10(2)11-4-7-14-12(15-11)16-8-5-13(3,17)6-9-16;1-9(2)10-3-4-13-11(5-10)6-15(14-13)12-7-16-8-12;1-9(2)10-3-4-13-11(5-10)6-14-15(13)12-7-16-8-12/h6-10H,1-5H3;5,8,11-12H,6-7,9-10H2,1-4H3;6-10H,1-5H3;4,7,10,17H,5-6,8-9H2,1-3H3;2*3-6,9,12H,7-8H2,1-2H3. The lowest BCUT2D eigenvalue weighted by Crippen LogP contribution is -2.43. The van der Waals surface area contributed by atoms with Crippen LogP contribution in [0.4, 0.5) is 11.9 Å². The first-order valence-corrected chi connectivity index (χ1v) is 37.3. The van der Waals surface area contributed by atoms with E-state index in [1.165, 1.54) is 68.0 Å². The summed E-state index contributed by atoms with van der Waals surface area (Å²) in [5.41, 5.74) is 14.6. The molecule has 4 fully saturated rings. The summed E-state index contributed by atoms with van der Waals surface area (Å²) in [5.74, 6) is 6.60. The third-order valence-electron chi connectivity index (χ3n) is 20.0. The van der Waals surface area contributed by atoms with Gasteiger partial charge in [0.1, 0.15) is 0 Å². The molecule has 10 heterocycles. The van der Waals surface area contributed by atoms with Crippen LogP contribution >= 0.6 is 0 Å². The Hall–Kier alpha value is -8.43. The van der Waals surface area contributed by atoms with Crippen LogP contribution in [0.25, 0.3) is 44.0 Å². The van der Waals surface area contributed by atoms with Crippen molar-refractivity contribution in [2.75, 3.05) is 90.7 Å². The Morgan fingerprint density at radius 1 is 0.563 bits per heavy atom. The summed E-state index contributed by atoms with van der Waals surface area (Å²) < 4.78 is 27.1. The maximum absolute atomic E-state index is 9.91. The monoisotopic (exact) mass is 1400 g/mol. The van der Waals surface area contributed by atoms with Crippen LogP contribution in [0, 0.1) is 6.92 Å². The van der Waals surface area contributed by atoms with Gasteiger partial charge in [0.25, 0.3) is 0 Å². The molecule has 4 aliphatic heterocycles. The second-order valence-corrected chi connectivity index (χ2v) is 30.7. The van der Waals surface area contributed by atoms with Gasteiger partial charge < -0.3 is 38.8 Å². The number of piperidine rings is 2. The fourth-order valence-corrected chi connectivity index (χ4v) is 12.8. The Kier molecular flexibility index (Phi) is 27.4. The van der Waals surface area contributed by atoms with Crippen molar-refractivity contribution < 1.29 is 24.1 Å². The molecule has 0 spiro atoms. The Bertz CT molecular complexity index is 4300. The van der Waals surface area contributed by atoms with Crippen molar-refractivity contribution >= 4 is 44.6 Å². The number of methoxy groups -OCH3 is 2. The van der Waals surface area contributed by atoms with Crippen molar-refractivity contribution in [3.63, 3.8) is 0 Å². The average molecular weight is 1400 g/mol. The van der Waals surface area contributed by atoms with Gasteiger partial charge in [-0.1, -0.05) is 115 Å². The third kappa shape index (κ3) is 20.5. The summed E-state index contributed by atoms with van der Waals surface area (Å²) >= 11 is 0. The maximum Gasteiger partial charge on any atom is 0.225 e. The zero-order chi connectivity index (χ0) is 74.4. The molecular formula is C83H117N15O5. The van der Waals surface area contributed by atoms with Gasteiger partial charge in [0.05, 0.1) is 98.2 Å². The molecule has 554 valence electrons. The first kappa shape index (κ1) is 78.7. The molecule has 4 saturated heterocycles. The fourth-order valence-electron chi connectivity index (χ4n) is 12.8. The van der Waals surface area contributed by atoms with Crippen LogP contribution in [0.5, 0.6) is 11.5 Å². The number of anilines is 2. The lowest BCUT2D eigenvalue weighted by atomic mass is 9.94. The lowest BCUT2D eigenvalue weighted by Gasteiger charge is -2.35. The van der Waals surface area contributed by atoms with Crippen LogP contribution in [0.15, 0.2) is 116 Å². The minimum absolute atomic E-state index is 0.421. The van der Waals surface area contributed by atoms with E-state index >= 15 is 0 Å². The Morgan fingerprint density at radius 3 is 1.62 bits per heavy atom. The van der Waals surface area contributed by atoms with Crippen LogP contribution in [0.2, 0.25) is 0 Å². The predicted molar refractivity (Wildman–Crippen MR) is 419 cm³/mol. The molecule has 0 radical (unpaired) electrons. The zero-order valence-electron chi connectivity index (χ0n) is 65.5. The average Bonchev–Trinajstić information content (AvgIpc) is 1.71. The molecular weight excluding hydrogens is 1290 g/mol. The molecule has 0 bridgehead atoms. The molecule has 0 amide bonds. The van der Waals surface area contributed by atoms with Crippen LogP contribution in [0.1, 0.15) is 228 Å². The molecule has 1 N–H and O–H groups in total. The van der Waals surface area contributed by atoms with E-state index in [1.807, 2.05) is 79.2 Å². The van der Waals surface area contributed by atoms with E-state index in [-0.39, 0.29) is 0 Å². The van der Waals surface area contributed by atoms with E-state index in [4.69, 9.17) is 18.9 Å². The van der Waals surface area contributed by atoms with Gasteiger partial charge in [-0.15, -0.1) is 0 Å². The van der Waals surface area contributed by atoms with Gasteiger partial charge in [-0.3, -0.25) is 14.0 Å². The highest BCUT2D eigenvalue weighted by atomic mass is 16.5. The second-order valence-electron chi connectivity index (χ2n) is 30.7. The molecule has 20 heteroatoms. The molecule has 0 atom stereocenters. The summed E-state index contributed by atoms with van der Waals surface area (Å²) in [4.78, 5) is 24.8. The van der Waals surface area contributed by atoms with Gasteiger partial charge in [0.15, 0.2) is 11.5 Å². The zero-order valence-corrected chi connectivity index (χ0v) is 65.5. The van der Waals surface area contributed by atoms with Gasteiger partial charge in [-0.25, -0.2) is 19.9 Å². The largest absolute Gasteiger partial charge is 0.493 e. The summed E-state index contributed by atoms with van der Waals surface area (Å²) in [6.07, 6.45) is 11.8. The number of hydrogen-bond donors (Lipinski definition) is 1. The highest BCUT2D eigenvalue weighted by Crippen LogP contribution is 2.35. The fraction of sp³-hybridized carbons (Fsp3) is 0.530. The molecule has 0 unspecified atom stereocenters. The summed E-state index contributed by atoms with van der Waals surface area (Å²) in [5, 5.41) is 35.9. The number of aromatic nitrogens is 12. The van der Waals surface area contributed by atoms with Crippen molar-refractivity contribution in [1.29, 1.82) is 0 Å². The normalized spacial score (nSPS) is 15.6. The van der Waals surface area contributed by atoms with Gasteiger partial charge >= 0.3 is 0 Å². The van der Waals surface area contributed by atoms with Crippen LogP contribution in [-0.4, -0.2) is 162 Å². The molecule has 4 aliphatic rings. The number of aliphatic hydroxyl groups is 1. The molecule has 0 aliphatic carbocycles. The number of benzene rings is 4. The SMILES string of the molecule is CC(C)c1ccc2c(c1)c(C(C)C)nn2C.CC(C)c1ccc2c(cnn2C2COC2)c1.CC(C)c1ccc2nn(C3COC3)cc2c1.CC(C)c1ccnc(N2CCC(C)(O)CC2)n1.CC(C)c1ccnc(N2CCC(N(C)C)CC2)n1.COc1ccc(-c2cc(C(C)C)c(C)nn2)cc1OC. The summed E-state index contributed by atoms with van der Waals surface area (Å²) in [7, 11) is 9.60. The molecule has 10 aromatic rings. The van der Waals surface area contributed by atoms with Crippen LogP contribution < -0.4 is 19.3 Å². The van der Waals surface area contributed by atoms with Crippen molar-refractivity contribution in [2.45, 2.75) is 202 Å². The highest BCUT2D eigenvalue weighted by Gasteiger charge is 2.29. The summed E-state index contributed by atoms with van der Waals surface area (Å²) in [6.45, 7) is 41.5. The van der Waals surface area contributed by atoms with Crippen LogP contribution in [-0.2, 0) is 16.5 Å². The minimum atomic E-state index is -0.522. The van der Waals surface area contributed by atoms with Gasteiger partial charge in [-0.05, 0) is 190 Å². The van der Waals surface area contributed by atoms with Crippen molar-refractivity contribution in [3.05, 3.63) is 161 Å². The Balaban J connectivity index is 0.000000144. The van der Waals surface area contributed by atoms with Gasteiger partial charge in [0, 0.05) is 91.0 Å². The molecule has 0 saturated carbocycles. The molecule has 103 heavy (non-hydrogen) atoms. The minimum Gasteiger partial charge on any atom is -0.493 e. The van der Waals surface area contributed by atoms with Gasteiger partial charge in [-0.2, -0.15) is 25.5 Å². The van der Waals surface area contributed by atoms with E-state index in [2.05, 4.69) is 243 Å². The molecule has 20 nitrogen and oxygen atoms in total. The van der Waals surface area contributed by atoms with E-state index in [0.29, 0.717) is 71.0 Å². The first-order chi connectivity index (χ1) is 49.1. The van der Waals surface area contributed by atoms with E-state index in [1.54, 1.807) is 14.2 Å². The molecule has 4 aromatic carbocycles. The smallest absolute Gasteiger partial charge is 0.225 e. The highest BCUT2D eigenvalue weighted by molar-refractivity contribution is 5.83. The predicted octanol–water partition coefficient (Wildman–Crippen LogP) is 17.0. The molecule has 14 rings (SSSR count). The Labute approximate surface area is 613 Å². The number of rotatable bonds is 15. The van der Waals surface area contributed by atoms with E-state index < -0.39 is 5.60 Å². The number of aryl methyl sites for hydroxylation is 2. The first-order valence-electron chi connectivity index (χ1n) is 37.3. The number of fused-ring (bicyclic) bond motifs is 3. The van der Waals surface area contributed by atoms with Crippen molar-refractivity contribution in [1.82, 2.24) is 64.4 Å². The molecule has 6 aromatic heterocycles. The Morgan fingerprint density at radius 2 is 1.11 bits per heavy atom. The topological polar surface area (TPSA) is 198 Å². The number of nitrogens with zero attached hydrogens (tertiary/aromatic N) is 15. The van der Waals surface area contributed by atoms with Gasteiger partial charge in [0.2, 0.25) is 11.9 Å². The number of ether oxygens (including phenoxy) is 4. The quantitative estimate of drug-likeness (QED) is 0.102. The third-order valence-corrected chi connectivity index (χ3v) is 20.0. The van der Waals surface area contributed by atoms with E-state index in [9.17, 15) is 5.11 Å². The van der Waals surface area contributed by atoms with E-state index in [0.717, 1.165) is 111 Å². The lowest BCUT2D eigenvalue weighted by molar-refractivity contribution is -0.0283. The summed E-state index contributed by atoms with van der Waals surface area (Å²) in [6, 6.07) is 33.2.